The van der Waals surface area contributed by atoms with E-state index in [4.69, 9.17) is 4.74 Å². The number of ether oxygens (including phenoxy) is 1. The summed E-state index contributed by atoms with van der Waals surface area (Å²) in [5.41, 5.74) is 2.50. The molecule has 0 saturated carbocycles. The molecule has 2 unspecified atom stereocenters. The number of carbonyl (C=O) groups is 1. The van der Waals surface area contributed by atoms with Crippen LogP contribution in [0.1, 0.15) is 15.9 Å². The zero-order valence-corrected chi connectivity index (χ0v) is 15.8. The van der Waals surface area contributed by atoms with E-state index in [-0.39, 0.29) is 12.4 Å². The number of rotatable bonds is 8. The maximum atomic E-state index is 12.7. The molecule has 0 heterocycles. The van der Waals surface area contributed by atoms with Gasteiger partial charge in [0.2, 0.25) is 0 Å². The van der Waals surface area contributed by atoms with Gasteiger partial charge in [-0.15, -0.1) is 0 Å². The Morgan fingerprint density at radius 1 is 0.929 bits per heavy atom. The molecule has 3 aromatic rings. The first-order valence-electron chi connectivity index (χ1n) is 9.11. The number of carbonyl (C=O) groups excluding carboxylic acids is 1. The predicted molar refractivity (Wildman–Crippen MR) is 108 cm³/mol. The van der Waals surface area contributed by atoms with Gasteiger partial charge in [0.25, 0.3) is 0 Å². The van der Waals surface area contributed by atoms with Crippen LogP contribution in [0, 0.1) is 0 Å². The molecule has 28 heavy (non-hydrogen) atoms. The van der Waals surface area contributed by atoms with E-state index in [1.165, 1.54) is 0 Å². The first-order valence-corrected chi connectivity index (χ1v) is 9.11. The molecule has 4 nitrogen and oxygen atoms in total. The molecule has 0 saturated heterocycles. The fourth-order valence-electron chi connectivity index (χ4n) is 2.87. The Balaban J connectivity index is 1.62. The molecule has 0 aliphatic carbocycles. The van der Waals surface area contributed by atoms with Crippen LogP contribution in [0.2, 0.25) is 0 Å². The fourth-order valence-corrected chi connectivity index (χ4v) is 2.87. The smallest absolute Gasteiger partial charge is 0.193 e. The molecule has 4 heteroatoms. The summed E-state index contributed by atoms with van der Waals surface area (Å²) in [6, 6.07) is 25.6. The van der Waals surface area contributed by atoms with E-state index in [1.807, 2.05) is 60.7 Å². The van der Waals surface area contributed by atoms with Crippen molar-refractivity contribution in [3.63, 3.8) is 0 Å². The van der Waals surface area contributed by atoms with E-state index in [0.29, 0.717) is 27.3 Å². The Morgan fingerprint density at radius 2 is 1.46 bits per heavy atom. The largest absolute Gasteiger partial charge is 0.802 e. The van der Waals surface area contributed by atoms with Gasteiger partial charge in [0, 0.05) is 22.9 Å². The summed E-state index contributed by atoms with van der Waals surface area (Å²) in [7, 11) is 1.79. The third-order valence-electron chi connectivity index (χ3n) is 4.57. The molecule has 0 aliphatic heterocycles. The van der Waals surface area contributed by atoms with Crippen LogP contribution in [0.4, 0.5) is 5.69 Å². The molecule has 0 aliphatic rings. The first kappa shape index (κ1) is 19.5. The highest BCUT2D eigenvalue weighted by Gasteiger charge is 2.15. The minimum absolute atomic E-state index is 0.0378. The van der Waals surface area contributed by atoms with Crippen molar-refractivity contribution in [3.8, 4) is 5.75 Å². The second kappa shape index (κ2) is 9.13. The summed E-state index contributed by atoms with van der Waals surface area (Å²) in [5, 5.41) is 12.7. The maximum Gasteiger partial charge on any atom is 0.193 e. The number of para-hydroxylation sites is 1. The summed E-state index contributed by atoms with van der Waals surface area (Å²) in [4.78, 5) is 13.1. The Hall–Kier alpha value is -3.21. The molecule has 0 spiro atoms. The normalized spacial score (nSPS) is 12.8. The molecule has 142 valence electrons. The topological polar surface area (TPSA) is 53.8 Å². The monoisotopic (exact) mass is 373 g/mol. The molecule has 0 fully saturated rings. The van der Waals surface area contributed by atoms with Gasteiger partial charge in [0.05, 0.1) is 7.05 Å². The maximum absolute atomic E-state index is 12.7. The van der Waals surface area contributed by atoms with Gasteiger partial charge in [-0.25, -0.2) is 0 Å². The lowest BCUT2D eigenvalue weighted by Gasteiger charge is -2.31. The standard InChI is InChI=1S/C24H22NO3/c1-18(17-28-22-11-7-4-8-12-22)24(27)25(2)21-15-13-20(14-16-21)23(26)19-9-5-3-6-10-19/h3-16,24H,1,17H2,2H3/q-1/p+1. The SMILES string of the molecule is C=C(COc1ccccc1)C([O-])[NH+](C)c1ccc(C(=O)c2ccccc2)cc1. The van der Waals surface area contributed by atoms with Crippen LogP contribution < -0.4 is 14.7 Å². The van der Waals surface area contributed by atoms with Crippen molar-refractivity contribution in [1.29, 1.82) is 0 Å². The van der Waals surface area contributed by atoms with Gasteiger partial charge in [0.15, 0.2) is 5.78 Å². The summed E-state index contributed by atoms with van der Waals surface area (Å²) >= 11 is 0. The average Bonchev–Trinajstić information content (AvgIpc) is 2.77. The van der Waals surface area contributed by atoms with Crippen LogP contribution in [0.3, 0.4) is 0 Å². The van der Waals surface area contributed by atoms with E-state index in [1.54, 1.807) is 31.3 Å². The highest BCUT2D eigenvalue weighted by molar-refractivity contribution is 6.09. The zero-order chi connectivity index (χ0) is 19.9. The molecular weight excluding hydrogens is 350 g/mol. The Morgan fingerprint density at radius 3 is 2.07 bits per heavy atom. The van der Waals surface area contributed by atoms with Gasteiger partial charge < -0.3 is 14.7 Å². The third-order valence-corrected chi connectivity index (χ3v) is 4.57. The Kier molecular flexibility index (Phi) is 6.37. The highest BCUT2D eigenvalue weighted by Crippen LogP contribution is 2.13. The second-order valence-electron chi connectivity index (χ2n) is 6.60. The molecule has 1 N–H and O–H groups in total. The molecule has 0 aromatic heterocycles. The van der Waals surface area contributed by atoms with Crippen molar-refractivity contribution in [1.82, 2.24) is 0 Å². The molecule has 3 rings (SSSR count). The molecule has 0 bridgehead atoms. The lowest BCUT2D eigenvalue weighted by atomic mass is 10.0. The van der Waals surface area contributed by atoms with Crippen molar-refractivity contribution >= 4 is 11.5 Å². The first-order chi connectivity index (χ1) is 13.6. The minimum atomic E-state index is -1.07. The quantitative estimate of drug-likeness (QED) is 0.375. The number of hydrogen-bond donors (Lipinski definition) is 1. The summed E-state index contributed by atoms with van der Waals surface area (Å²) < 4.78 is 5.62. The number of likely N-dealkylation sites (N-methyl/N-ethyl adjacent to an activating group) is 1. The van der Waals surface area contributed by atoms with Crippen LogP contribution >= 0.6 is 0 Å². The number of nitrogens with one attached hydrogen (secondary N) is 1. The Bertz CT molecular complexity index is 921. The minimum Gasteiger partial charge on any atom is -0.802 e. The van der Waals surface area contributed by atoms with Crippen molar-refractivity contribution in [2.75, 3.05) is 13.7 Å². The molecule has 0 amide bonds. The van der Waals surface area contributed by atoms with Gasteiger partial charge in [-0.3, -0.25) is 4.79 Å². The number of benzene rings is 3. The molecule has 0 radical (unpaired) electrons. The van der Waals surface area contributed by atoms with Gasteiger partial charge >= 0.3 is 0 Å². The number of ketones is 1. The van der Waals surface area contributed by atoms with Crippen molar-refractivity contribution in [2.24, 2.45) is 0 Å². The van der Waals surface area contributed by atoms with Crippen molar-refractivity contribution < 1.29 is 19.5 Å². The van der Waals surface area contributed by atoms with E-state index < -0.39 is 6.23 Å². The summed E-state index contributed by atoms with van der Waals surface area (Å²) in [5.74, 6) is 0.668. The van der Waals surface area contributed by atoms with Crippen molar-refractivity contribution in [2.45, 2.75) is 6.23 Å². The van der Waals surface area contributed by atoms with E-state index in [0.717, 1.165) is 5.69 Å². The van der Waals surface area contributed by atoms with Crippen LogP contribution in [-0.2, 0) is 0 Å². The number of hydrogen-bond acceptors (Lipinski definition) is 3. The lowest BCUT2D eigenvalue weighted by molar-refractivity contribution is -0.918. The molecule has 3 aromatic carbocycles. The van der Waals surface area contributed by atoms with Gasteiger partial charge in [-0.2, -0.15) is 0 Å². The zero-order valence-electron chi connectivity index (χ0n) is 15.8. The van der Waals surface area contributed by atoms with Gasteiger partial charge in [0.1, 0.15) is 18.0 Å². The molecular formula is C24H23NO3. The van der Waals surface area contributed by atoms with E-state index in [9.17, 15) is 9.90 Å². The van der Waals surface area contributed by atoms with Crippen LogP contribution in [-0.4, -0.2) is 25.7 Å². The van der Waals surface area contributed by atoms with Crippen LogP contribution in [0.25, 0.3) is 0 Å². The van der Waals surface area contributed by atoms with Crippen molar-refractivity contribution in [3.05, 3.63) is 108 Å². The van der Waals surface area contributed by atoms with Crippen LogP contribution in [0.5, 0.6) is 5.75 Å². The second-order valence-corrected chi connectivity index (χ2v) is 6.60. The average molecular weight is 373 g/mol. The summed E-state index contributed by atoms with van der Waals surface area (Å²) in [6.07, 6.45) is -1.07. The van der Waals surface area contributed by atoms with Gasteiger partial charge in [-0.1, -0.05) is 55.1 Å². The summed E-state index contributed by atoms with van der Waals surface area (Å²) in [6.45, 7) is 4.06. The number of quaternary nitrogens is 1. The van der Waals surface area contributed by atoms with Crippen LogP contribution in [0.15, 0.2) is 97.1 Å². The highest BCUT2D eigenvalue weighted by atomic mass is 16.5. The third kappa shape index (κ3) is 4.74. The van der Waals surface area contributed by atoms with E-state index in [2.05, 4.69) is 6.58 Å². The van der Waals surface area contributed by atoms with Gasteiger partial charge in [-0.05, 0) is 36.4 Å². The Labute approximate surface area is 165 Å². The molecule has 2 atom stereocenters. The predicted octanol–water partition coefficient (Wildman–Crippen LogP) is 2.39. The fraction of sp³-hybridized carbons (Fsp3) is 0.125. The van der Waals surface area contributed by atoms with E-state index >= 15 is 0 Å². The lowest BCUT2D eigenvalue weighted by Crippen LogP contribution is -3.11.